The van der Waals surface area contributed by atoms with Crippen LogP contribution in [0.5, 0.6) is 11.5 Å². The van der Waals surface area contributed by atoms with Crippen LogP contribution in [0.15, 0.2) is 63.9 Å². The first kappa shape index (κ1) is 24.3. The van der Waals surface area contributed by atoms with Gasteiger partial charge in [0, 0.05) is 22.9 Å². The third kappa shape index (κ3) is 6.01. The van der Waals surface area contributed by atoms with Gasteiger partial charge in [0.05, 0.1) is 46.6 Å². The van der Waals surface area contributed by atoms with E-state index in [-0.39, 0.29) is 11.7 Å². The summed E-state index contributed by atoms with van der Waals surface area (Å²) in [6.45, 7) is 0. The minimum Gasteiger partial charge on any atom is -0.497 e. The van der Waals surface area contributed by atoms with Gasteiger partial charge in [-0.15, -0.1) is 11.3 Å². The van der Waals surface area contributed by atoms with Gasteiger partial charge in [-0.2, -0.15) is 0 Å². The van der Waals surface area contributed by atoms with Crippen LogP contribution in [0.4, 0.5) is 11.4 Å². The fourth-order valence-corrected chi connectivity index (χ4v) is 5.37. The highest BCUT2D eigenvalue weighted by Gasteiger charge is 2.12. The number of ether oxygens (including phenoxy) is 2. The highest BCUT2D eigenvalue weighted by Crippen LogP contribution is 2.33. The van der Waals surface area contributed by atoms with E-state index in [1.807, 2.05) is 24.3 Å². The first-order valence-electron chi connectivity index (χ1n) is 9.99. The van der Waals surface area contributed by atoms with E-state index in [0.29, 0.717) is 27.2 Å². The van der Waals surface area contributed by atoms with Gasteiger partial charge < -0.3 is 14.8 Å². The van der Waals surface area contributed by atoms with E-state index in [0.717, 1.165) is 25.8 Å². The summed E-state index contributed by atoms with van der Waals surface area (Å²) in [5, 5.41) is 3.98. The van der Waals surface area contributed by atoms with Crippen molar-refractivity contribution in [3.8, 4) is 11.5 Å². The Labute approximate surface area is 214 Å². The number of hydrogen-bond acceptors (Lipinski definition) is 7. The summed E-state index contributed by atoms with van der Waals surface area (Å²) < 4.78 is 12.3. The molecule has 0 aliphatic heterocycles. The van der Waals surface area contributed by atoms with Crippen molar-refractivity contribution in [1.29, 1.82) is 0 Å². The molecule has 34 heavy (non-hydrogen) atoms. The number of fused-ring (bicyclic) bond motifs is 1. The van der Waals surface area contributed by atoms with Gasteiger partial charge in [-0.3, -0.25) is 9.79 Å². The van der Waals surface area contributed by atoms with Gasteiger partial charge in [-0.1, -0.05) is 41.0 Å². The number of aliphatic imine (C=N–C) groups is 1. The summed E-state index contributed by atoms with van der Waals surface area (Å²) in [7, 11) is 3.12. The fraction of sp³-hybridized carbons (Fsp3) is 0.125. The average Bonchev–Trinajstić information content (AvgIpc) is 3.24. The number of nitrogens with one attached hydrogen (secondary N) is 1. The summed E-state index contributed by atoms with van der Waals surface area (Å²) in [5.41, 5.74) is 2.97. The minimum absolute atomic E-state index is 0.166. The molecule has 10 heteroatoms. The molecular formula is C24H19Cl2N3O3S2. The highest BCUT2D eigenvalue weighted by atomic mass is 35.5. The Hall–Kier alpha value is -2.78. The van der Waals surface area contributed by atoms with E-state index < -0.39 is 0 Å². The third-order valence-corrected chi connectivity index (χ3v) is 7.40. The van der Waals surface area contributed by atoms with Crippen molar-refractivity contribution in [1.82, 2.24) is 4.98 Å². The molecule has 1 aromatic heterocycles. The Morgan fingerprint density at radius 1 is 1.12 bits per heavy atom. The van der Waals surface area contributed by atoms with Crippen molar-refractivity contribution in [2.75, 3.05) is 25.3 Å². The number of methoxy groups -OCH3 is 2. The summed E-state index contributed by atoms with van der Waals surface area (Å²) in [4.78, 5) is 21.6. The molecule has 0 radical (unpaired) electrons. The molecule has 0 aliphatic carbocycles. The van der Waals surface area contributed by atoms with Crippen molar-refractivity contribution in [2.24, 2.45) is 4.99 Å². The maximum absolute atomic E-state index is 12.5. The smallest absolute Gasteiger partial charge is 0.234 e. The lowest BCUT2D eigenvalue weighted by Crippen LogP contribution is -2.14. The number of amides is 1. The number of thiazole rings is 1. The quantitative estimate of drug-likeness (QED) is 0.194. The molecule has 0 aliphatic rings. The molecule has 4 rings (SSSR count). The molecule has 0 atom stereocenters. The number of carbonyl (C=O) groups is 1. The highest BCUT2D eigenvalue weighted by molar-refractivity contribution is 8.01. The summed E-state index contributed by atoms with van der Waals surface area (Å²) in [6.07, 6.45) is 1.70. The van der Waals surface area contributed by atoms with Crippen LogP contribution in [0.2, 0.25) is 10.0 Å². The Morgan fingerprint density at radius 2 is 1.97 bits per heavy atom. The molecule has 0 fully saturated rings. The zero-order chi connectivity index (χ0) is 24.1. The summed E-state index contributed by atoms with van der Waals surface area (Å²) in [5.74, 6) is 1.24. The topological polar surface area (TPSA) is 72.8 Å². The van der Waals surface area contributed by atoms with Crippen LogP contribution < -0.4 is 14.8 Å². The zero-order valence-electron chi connectivity index (χ0n) is 18.2. The second kappa shape index (κ2) is 11.1. The van der Waals surface area contributed by atoms with Crippen LogP contribution in [0.1, 0.15) is 5.56 Å². The SMILES string of the molecule is COc1ccc(OC)c(NC(=O)CSc2nc3ccc(N=Cc4ccc(Cl)cc4Cl)cc3s2)c1. The van der Waals surface area contributed by atoms with Crippen molar-refractivity contribution >= 4 is 80.0 Å². The molecule has 0 saturated heterocycles. The molecule has 174 valence electrons. The minimum atomic E-state index is -0.166. The monoisotopic (exact) mass is 531 g/mol. The van der Waals surface area contributed by atoms with Crippen molar-refractivity contribution in [3.63, 3.8) is 0 Å². The first-order valence-corrected chi connectivity index (χ1v) is 12.6. The number of nitrogens with zero attached hydrogens (tertiary/aromatic N) is 2. The second-order valence-corrected chi connectivity index (χ2v) is 10.1. The fourth-order valence-electron chi connectivity index (χ4n) is 3.01. The molecule has 4 aromatic rings. The van der Waals surface area contributed by atoms with Gasteiger partial charge in [0.25, 0.3) is 0 Å². The predicted octanol–water partition coefficient (Wildman–Crippen LogP) is 7.10. The average molecular weight is 532 g/mol. The zero-order valence-corrected chi connectivity index (χ0v) is 21.3. The Morgan fingerprint density at radius 3 is 2.74 bits per heavy atom. The first-order chi connectivity index (χ1) is 16.4. The van der Waals surface area contributed by atoms with Gasteiger partial charge in [-0.25, -0.2) is 4.98 Å². The van der Waals surface area contributed by atoms with Crippen LogP contribution in [0, 0.1) is 0 Å². The van der Waals surface area contributed by atoms with Gasteiger partial charge in [0.1, 0.15) is 11.5 Å². The van der Waals surface area contributed by atoms with E-state index in [9.17, 15) is 4.79 Å². The number of hydrogen-bond donors (Lipinski definition) is 1. The van der Waals surface area contributed by atoms with Crippen LogP contribution in [0.3, 0.4) is 0 Å². The molecule has 0 spiro atoms. The normalized spacial score (nSPS) is 11.2. The second-order valence-electron chi connectivity index (χ2n) is 6.96. The molecule has 1 amide bonds. The lowest BCUT2D eigenvalue weighted by atomic mass is 10.2. The van der Waals surface area contributed by atoms with Crippen molar-refractivity contribution in [3.05, 3.63) is 70.2 Å². The maximum atomic E-state index is 12.5. The number of halogens is 2. The number of thioether (sulfide) groups is 1. The van der Waals surface area contributed by atoms with Crippen LogP contribution in [-0.4, -0.2) is 37.1 Å². The molecule has 0 bridgehead atoms. The number of aromatic nitrogens is 1. The van der Waals surface area contributed by atoms with Crippen molar-refractivity contribution < 1.29 is 14.3 Å². The summed E-state index contributed by atoms with van der Waals surface area (Å²) >= 11 is 15.0. The largest absolute Gasteiger partial charge is 0.497 e. The van der Waals surface area contributed by atoms with E-state index in [1.165, 1.54) is 23.1 Å². The molecule has 1 N–H and O–H groups in total. The molecule has 0 saturated carbocycles. The molecule has 6 nitrogen and oxygen atoms in total. The van der Waals surface area contributed by atoms with E-state index in [1.54, 1.807) is 50.8 Å². The number of benzene rings is 3. The van der Waals surface area contributed by atoms with E-state index in [4.69, 9.17) is 32.7 Å². The maximum Gasteiger partial charge on any atom is 0.234 e. The van der Waals surface area contributed by atoms with Crippen molar-refractivity contribution in [2.45, 2.75) is 4.34 Å². The molecular weight excluding hydrogens is 513 g/mol. The third-order valence-electron chi connectivity index (χ3n) is 4.68. The number of anilines is 1. The Bertz CT molecular complexity index is 1380. The van der Waals surface area contributed by atoms with Crippen LogP contribution in [0.25, 0.3) is 10.2 Å². The van der Waals surface area contributed by atoms with Gasteiger partial charge in [0.15, 0.2) is 4.34 Å². The molecule has 3 aromatic carbocycles. The lowest BCUT2D eigenvalue weighted by Gasteiger charge is -2.11. The standard InChI is InChI=1S/C24H19Cl2N3O3S2/c1-31-17-6-8-21(32-2)20(11-17)28-23(30)13-33-24-29-19-7-5-16(10-22(19)34-24)27-12-14-3-4-15(25)9-18(14)26/h3-12H,13H2,1-2H3,(H,28,30). The number of rotatable bonds is 8. The summed E-state index contributed by atoms with van der Waals surface area (Å²) in [6, 6.07) is 16.3. The molecule has 1 heterocycles. The predicted molar refractivity (Wildman–Crippen MR) is 142 cm³/mol. The van der Waals surface area contributed by atoms with E-state index >= 15 is 0 Å². The molecule has 0 unspecified atom stereocenters. The van der Waals surface area contributed by atoms with Crippen LogP contribution in [-0.2, 0) is 4.79 Å². The van der Waals surface area contributed by atoms with Gasteiger partial charge in [0.2, 0.25) is 5.91 Å². The Balaban J connectivity index is 1.41. The van der Waals surface area contributed by atoms with E-state index in [2.05, 4.69) is 15.3 Å². The van der Waals surface area contributed by atoms with Gasteiger partial charge >= 0.3 is 0 Å². The lowest BCUT2D eigenvalue weighted by molar-refractivity contribution is -0.113. The van der Waals surface area contributed by atoms with Crippen LogP contribution >= 0.6 is 46.3 Å². The Kier molecular flexibility index (Phi) is 7.95. The number of carbonyl (C=O) groups excluding carboxylic acids is 1. The van der Waals surface area contributed by atoms with Gasteiger partial charge in [-0.05, 0) is 42.5 Å².